The van der Waals surface area contributed by atoms with Crippen molar-refractivity contribution in [2.75, 3.05) is 0 Å². The van der Waals surface area contributed by atoms with Gasteiger partial charge >= 0.3 is 0 Å². The van der Waals surface area contributed by atoms with E-state index in [0.717, 1.165) is 23.7 Å². The van der Waals surface area contributed by atoms with Crippen molar-refractivity contribution in [3.05, 3.63) is 47.1 Å². The molecule has 0 aromatic carbocycles. The highest BCUT2D eigenvalue weighted by molar-refractivity contribution is 5.13. The van der Waals surface area contributed by atoms with E-state index in [1.54, 1.807) is 16.7 Å². The summed E-state index contributed by atoms with van der Waals surface area (Å²) in [6, 6.07) is 0. The van der Waals surface area contributed by atoms with Crippen molar-refractivity contribution < 1.29 is 0 Å². The Balaban J connectivity index is 2.09. The van der Waals surface area contributed by atoms with Crippen molar-refractivity contribution in [3.8, 4) is 0 Å². The van der Waals surface area contributed by atoms with Crippen LogP contribution in [0, 0.1) is 23.7 Å². The molecule has 0 saturated heterocycles. The zero-order valence-electron chi connectivity index (χ0n) is 25.1. The Morgan fingerprint density at radius 1 is 0.829 bits per heavy atom. The normalized spacial score (nSPS) is 19.1. The molecule has 0 heterocycles. The van der Waals surface area contributed by atoms with Crippen LogP contribution in [0.4, 0.5) is 0 Å². The van der Waals surface area contributed by atoms with Crippen LogP contribution in [0.1, 0.15) is 151 Å². The first-order valence-electron chi connectivity index (χ1n) is 15.3. The second-order valence-corrected chi connectivity index (χ2v) is 12.7. The Hall–Kier alpha value is -1.04. The van der Waals surface area contributed by atoms with Crippen LogP contribution in [0.5, 0.6) is 0 Å². The molecule has 0 spiro atoms. The molecule has 3 atom stereocenters. The quantitative estimate of drug-likeness (QED) is 0.161. The van der Waals surface area contributed by atoms with E-state index < -0.39 is 0 Å². The lowest BCUT2D eigenvalue weighted by Gasteiger charge is -2.22. The Bertz CT molecular complexity index is 656. The summed E-state index contributed by atoms with van der Waals surface area (Å²) in [6.07, 6.45) is 28.5. The number of hydrogen-bond acceptors (Lipinski definition) is 0. The second kappa shape index (κ2) is 19.1. The van der Waals surface area contributed by atoms with Gasteiger partial charge in [-0.05, 0) is 102 Å². The minimum absolute atomic E-state index is 0.726. The fourth-order valence-electron chi connectivity index (χ4n) is 5.50. The van der Waals surface area contributed by atoms with Crippen LogP contribution < -0.4 is 0 Å². The van der Waals surface area contributed by atoms with Crippen LogP contribution in [0.15, 0.2) is 47.1 Å². The molecule has 3 unspecified atom stereocenters. The van der Waals surface area contributed by atoms with Crippen molar-refractivity contribution >= 4 is 0 Å². The van der Waals surface area contributed by atoms with Crippen molar-refractivity contribution in [3.63, 3.8) is 0 Å². The highest BCUT2D eigenvalue weighted by Gasteiger charge is 2.14. The first kappa shape index (κ1) is 32.0. The second-order valence-electron chi connectivity index (χ2n) is 12.7. The van der Waals surface area contributed by atoms with Crippen molar-refractivity contribution in [2.24, 2.45) is 23.7 Å². The van der Waals surface area contributed by atoms with E-state index >= 15 is 0 Å². The van der Waals surface area contributed by atoms with Gasteiger partial charge in [-0.25, -0.2) is 0 Å². The van der Waals surface area contributed by atoms with Gasteiger partial charge in [-0.15, -0.1) is 0 Å². The topological polar surface area (TPSA) is 0 Å². The summed E-state index contributed by atoms with van der Waals surface area (Å²) in [7, 11) is 0. The van der Waals surface area contributed by atoms with Gasteiger partial charge in [0.1, 0.15) is 0 Å². The smallest absolute Gasteiger partial charge is 0.0168 e. The third-order valence-corrected chi connectivity index (χ3v) is 8.35. The molecule has 0 aromatic heterocycles. The highest BCUT2D eigenvalue weighted by Crippen LogP contribution is 2.30. The van der Waals surface area contributed by atoms with Crippen LogP contribution in [0.2, 0.25) is 0 Å². The standard InChI is InChI=1S/C35H62/c1-28(2)14-9-15-29(3)16-10-17-30(4)18-11-19-31(5)20-12-21-32(6)22-13-23-34(8)35-26-24-33(7)25-27-35/h20,22,24,28-30,35H,8-19,21,23,25-27H2,1-7H3/b31-20+,32-22-. The van der Waals surface area contributed by atoms with Gasteiger partial charge in [-0.3, -0.25) is 0 Å². The summed E-state index contributed by atoms with van der Waals surface area (Å²) < 4.78 is 0. The zero-order chi connectivity index (χ0) is 26.1. The van der Waals surface area contributed by atoms with Crippen molar-refractivity contribution in [2.45, 2.75) is 151 Å². The zero-order valence-corrected chi connectivity index (χ0v) is 25.1. The largest absolute Gasteiger partial charge is 0.0996 e. The van der Waals surface area contributed by atoms with Gasteiger partial charge < -0.3 is 0 Å². The highest BCUT2D eigenvalue weighted by atomic mass is 14.2. The first-order valence-corrected chi connectivity index (χ1v) is 15.3. The molecule has 0 aliphatic heterocycles. The average Bonchev–Trinajstić information content (AvgIpc) is 2.79. The van der Waals surface area contributed by atoms with Gasteiger partial charge in [-0.1, -0.05) is 120 Å². The summed E-state index contributed by atoms with van der Waals surface area (Å²) in [4.78, 5) is 0. The van der Waals surface area contributed by atoms with Gasteiger partial charge in [-0.2, -0.15) is 0 Å². The maximum Gasteiger partial charge on any atom is -0.0168 e. The van der Waals surface area contributed by atoms with Gasteiger partial charge in [0.2, 0.25) is 0 Å². The molecule has 0 saturated carbocycles. The lowest BCUT2D eigenvalue weighted by molar-refractivity contribution is 0.389. The van der Waals surface area contributed by atoms with E-state index in [0.29, 0.717) is 0 Å². The summed E-state index contributed by atoms with van der Waals surface area (Å²) in [5.41, 5.74) is 6.18. The SMILES string of the molecule is C=C(CC/C=C(/C)CC/C=C(\C)CCCC(C)CCCC(C)CCCC(C)C)C1CC=C(C)CC1. The van der Waals surface area contributed by atoms with Crippen LogP contribution >= 0.6 is 0 Å². The molecule has 1 rings (SSSR count). The molecule has 1 aliphatic carbocycles. The third kappa shape index (κ3) is 17.1. The fraction of sp³-hybridized carbons (Fsp3) is 0.771. The summed E-state index contributed by atoms with van der Waals surface area (Å²) in [5.74, 6) is 3.40. The first-order chi connectivity index (χ1) is 16.7. The molecular formula is C35H62. The Morgan fingerprint density at radius 2 is 1.37 bits per heavy atom. The maximum absolute atomic E-state index is 4.40. The van der Waals surface area contributed by atoms with Crippen LogP contribution in [-0.2, 0) is 0 Å². The number of rotatable bonds is 19. The molecule has 0 aromatic rings. The summed E-state index contributed by atoms with van der Waals surface area (Å²) in [6.45, 7) is 20.9. The van der Waals surface area contributed by atoms with E-state index in [1.807, 2.05) is 0 Å². The van der Waals surface area contributed by atoms with Crippen molar-refractivity contribution in [1.82, 2.24) is 0 Å². The Labute approximate surface area is 221 Å². The van der Waals surface area contributed by atoms with Crippen LogP contribution in [-0.4, -0.2) is 0 Å². The summed E-state index contributed by atoms with van der Waals surface area (Å²) >= 11 is 0. The van der Waals surface area contributed by atoms with Crippen molar-refractivity contribution in [1.29, 1.82) is 0 Å². The third-order valence-electron chi connectivity index (χ3n) is 8.35. The molecule has 0 amide bonds. The molecule has 1 aliphatic rings. The molecule has 0 fully saturated rings. The maximum atomic E-state index is 4.40. The minimum atomic E-state index is 0.726. The number of allylic oxidation sites excluding steroid dienone is 7. The minimum Gasteiger partial charge on any atom is -0.0996 e. The van der Waals surface area contributed by atoms with Crippen LogP contribution in [0.3, 0.4) is 0 Å². The van der Waals surface area contributed by atoms with Gasteiger partial charge in [0, 0.05) is 0 Å². The molecule has 0 bridgehead atoms. The van der Waals surface area contributed by atoms with E-state index in [4.69, 9.17) is 0 Å². The molecule has 0 N–H and O–H groups in total. The number of hydrogen-bond donors (Lipinski definition) is 0. The fourth-order valence-corrected chi connectivity index (χ4v) is 5.50. The Kier molecular flexibility index (Phi) is 17.5. The predicted octanol–water partition coefficient (Wildman–Crippen LogP) is 12.2. The van der Waals surface area contributed by atoms with E-state index in [-0.39, 0.29) is 0 Å². The Morgan fingerprint density at radius 3 is 1.94 bits per heavy atom. The van der Waals surface area contributed by atoms with Gasteiger partial charge in [0.05, 0.1) is 0 Å². The monoisotopic (exact) mass is 482 g/mol. The molecule has 0 nitrogen and oxygen atoms in total. The van der Waals surface area contributed by atoms with E-state index in [1.165, 1.54) is 108 Å². The molecule has 0 radical (unpaired) electrons. The lowest BCUT2D eigenvalue weighted by atomic mass is 9.83. The van der Waals surface area contributed by atoms with E-state index in [2.05, 4.69) is 73.3 Å². The summed E-state index contributed by atoms with van der Waals surface area (Å²) in [5, 5.41) is 0. The molecular weight excluding hydrogens is 420 g/mol. The predicted molar refractivity (Wildman–Crippen MR) is 161 cm³/mol. The molecule has 35 heavy (non-hydrogen) atoms. The van der Waals surface area contributed by atoms with E-state index in [9.17, 15) is 0 Å². The van der Waals surface area contributed by atoms with Gasteiger partial charge in [0.25, 0.3) is 0 Å². The average molecular weight is 483 g/mol. The lowest BCUT2D eigenvalue weighted by Crippen LogP contribution is -2.07. The molecule has 202 valence electrons. The van der Waals surface area contributed by atoms with Crippen LogP contribution in [0.25, 0.3) is 0 Å². The van der Waals surface area contributed by atoms with Gasteiger partial charge in [0.15, 0.2) is 0 Å². The molecule has 0 heteroatoms.